The highest BCUT2D eigenvalue weighted by Gasteiger charge is 2.56. The van der Waals surface area contributed by atoms with E-state index >= 15 is 0 Å². The lowest BCUT2D eigenvalue weighted by atomic mass is 10.1. The highest BCUT2D eigenvalue weighted by Crippen LogP contribution is 2.38. The summed E-state index contributed by atoms with van der Waals surface area (Å²) in [4.78, 5) is 11.4. The second-order valence-electron chi connectivity index (χ2n) is 5.73. The lowest BCUT2D eigenvalue weighted by molar-refractivity contribution is -0.284. The van der Waals surface area contributed by atoms with Crippen molar-refractivity contribution in [1.29, 1.82) is 0 Å². The average molecular weight is 344 g/mol. The molecule has 0 unspecified atom stereocenters. The number of hydrogen-bond donors (Lipinski definition) is 1. The topological polar surface area (TPSA) is 29.1 Å². The Hall–Kier alpha value is -0.880. The van der Waals surface area contributed by atoms with Crippen LogP contribution in [0.25, 0.3) is 0 Å². The van der Waals surface area contributed by atoms with E-state index in [1.807, 2.05) is 0 Å². The van der Waals surface area contributed by atoms with Crippen molar-refractivity contribution in [3.8, 4) is 0 Å². The molecule has 0 aliphatic carbocycles. The van der Waals surface area contributed by atoms with Crippen molar-refractivity contribution in [2.24, 2.45) is 0 Å². The molecule has 0 fully saturated rings. The second kappa shape index (κ2) is 11.6. The fourth-order valence-electron chi connectivity index (χ4n) is 2.11. The van der Waals surface area contributed by atoms with E-state index in [9.17, 15) is 26.7 Å². The van der Waals surface area contributed by atoms with Gasteiger partial charge in [-0.05, 0) is 12.8 Å². The fraction of sp³-hybridized carbons (Fsp3) is 0.875. The molecule has 0 heterocycles. The summed E-state index contributed by atoms with van der Waals surface area (Å²) in [5.41, 5.74) is 0. The molecular formula is C16H27F5NO. The molecule has 1 radical (unpaired) electrons. The zero-order valence-corrected chi connectivity index (χ0v) is 13.5. The summed E-state index contributed by atoms with van der Waals surface area (Å²) in [5, 5.41) is 2.38. The maximum absolute atomic E-state index is 12.6. The molecule has 0 saturated heterocycles. The molecule has 0 spiro atoms. The van der Waals surface area contributed by atoms with Gasteiger partial charge in [0, 0.05) is 19.4 Å². The van der Waals surface area contributed by atoms with Crippen LogP contribution in [0, 0.1) is 6.92 Å². The van der Waals surface area contributed by atoms with E-state index in [4.69, 9.17) is 0 Å². The molecule has 7 heteroatoms. The quantitative estimate of drug-likeness (QED) is 0.350. The molecule has 0 aromatic carbocycles. The first-order valence-electron chi connectivity index (χ1n) is 8.21. The van der Waals surface area contributed by atoms with E-state index in [1.165, 1.54) is 6.42 Å². The summed E-state index contributed by atoms with van der Waals surface area (Å²) in [6.45, 7) is 3.61. The Bertz CT molecular complexity index is 318. The number of rotatable bonds is 13. The van der Waals surface area contributed by atoms with E-state index in [1.54, 1.807) is 0 Å². The van der Waals surface area contributed by atoms with Crippen molar-refractivity contribution in [2.75, 3.05) is 6.54 Å². The minimum absolute atomic E-state index is 0.157. The van der Waals surface area contributed by atoms with Crippen LogP contribution >= 0.6 is 0 Å². The largest absolute Gasteiger partial charge is 0.453 e. The number of amides is 1. The Morgan fingerprint density at radius 2 is 1.35 bits per heavy atom. The smallest absolute Gasteiger partial charge is 0.356 e. The Labute approximate surface area is 135 Å². The number of carbonyl (C=O) groups excluding carboxylic acids is 1. The van der Waals surface area contributed by atoms with Crippen LogP contribution < -0.4 is 5.32 Å². The van der Waals surface area contributed by atoms with Crippen molar-refractivity contribution in [1.82, 2.24) is 5.32 Å². The number of nitrogens with one attached hydrogen (secondary N) is 1. The molecule has 23 heavy (non-hydrogen) atoms. The molecule has 1 amide bonds. The van der Waals surface area contributed by atoms with E-state index in [-0.39, 0.29) is 18.9 Å². The van der Waals surface area contributed by atoms with E-state index in [0.717, 1.165) is 38.5 Å². The van der Waals surface area contributed by atoms with Gasteiger partial charge in [0.15, 0.2) is 0 Å². The predicted octanol–water partition coefficient (Wildman–Crippen LogP) is 5.43. The summed E-state index contributed by atoms with van der Waals surface area (Å²) in [6, 6.07) is 0. The van der Waals surface area contributed by atoms with E-state index in [2.05, 4.69) is 12.2 Å². The Morgan fingerprint density at radius 1 is 0.826 bits per heavy atom. The summed E-state index contributed by atoms with van der Waals surface area (Å²) in [5.74, 6) is -4.98. The SMILES string of the molecule is [CH2]CCCCCCCCCC(=O)NCCCC(F)(F)C(F)(F)F. The number of alkyl halides is 5. The Balaban J connectivity index is 3.51. The van der Waals surface area contributed by atoms with Gasteiger partial charge in [-0.2, -0.15) is 22.0 Å². The van der Waals surface area contributed by atoms with E-state index < -0.39 is 24.9 Å². The van der Waals surface area contributed by atoms with Crippen LogP contribution in [0.4, 0.5) is 22.0 Å². The third-order valence-electron chi connectivity index (χ3n) is 3.56. The first-order valence-corrected chi connectivity index (χ1v) is 8.21. The Kier molecular flexibility index (Phi) is 11.2. The van der Waals surface area contributed by atoms with Crippen LogP contribution in [-0.4, -0.2) is 24.6 Å². The first-order chi connectivity index (χ1) is 10.7. The molecule has 0 aliphatic rings. The molecule has 1 N–H and O–H groups in total. The maximum Gasteiger partial charge on any atom is 0.453 e. The van der Waals surface area contributed by atoms with Gasteiger partial charge in [0.1, 0.15) is 0 Å². The van der Waals surface area contributed by atoms with Gasteiger partial charge in [0.05, 0.1) is 0 Å². The Morgan fingerprint density at radius 3 is 1.87 bits per heavy atom. The van der Waals surface area contributed by atoms with Crippen LogP contribution in [0.1, 0.15) is 70.6 Å². The predicted molar refractivity (Wildman–Crippen MR) is 80.2 cm³/mol. The average Bonchev–Trinajstić information content (AvgIpc) is 2.45. The highest BCUT2D eigenvalue weighted by atomic mass is 19.4. The normalized spacial score (nSPS) is 12.4. The van der Waals surface area contributed by atoms with Gasteiger partial charge in [0.2, 0.25) is 5.91 Å². The molecule has 0 aromatic heterocycles. The monoisotopic (exact) mass is 344 g/mol. The highest BCUT2D eigenvalue weighted by molar-refractivity contribution is 5.75. The van der Waals surface area contributed by atoms with Crippen molar-refractivity contribution >= 4 is 5.91 Å². The van der Waals surface area contributed by atoms with Crippen LogP contribution in [0.5, 0.6) is 0 Å². The fourth-order valence-corrected chi connectivity index (χ4v) is 2.11. The molecule has 0 rings (SSSR count). The first kappa shape index (κ1) is 22.1. The molecule has 0 bridgehead atoms. The standard InChI is InChI=1S/C16H27F5NO/c1-2-3-4-5-6-7-8-9-11-14(23)22-13-10-12-15(17,18)16(19,20)21/h1-13H2,(H,22,23). The molecule has 0 atom stereocenters. The number of unbranched alkanes of at least 4 members (excludes halogenated alkanes) is 7. The minimum atomic E-state index is -5.52. The second-order valence-corrected chi connectivity index (χ2v) is 5.73. The lowest BCUT2D eigenvalue weighted by Gasteiger charge is -2.19. The van der Waals surface area contributed by atoms with Gasteiger partial charge in [-0.15, -0.1) is 0 Å². The third-order valence-corrected chi connectivity index (χ3v) is 3.56. The van der Waals surface area contributed by atoms with Gasteiger partial charge >= 0.3 is 12.1 Å². The van der Waals surface area contributed by atoms with Crippen molar-refractivity contribution in [3.63, 3.8) is 0 Å². The minimum Gasteiger partial charge on any atom is -0.356 e. The molecular weight excluding hydrogens is 317 g/mol. The number of hydrogen-bond acceptors (Lipinski definition) is 1. The molecule has 0 aliphatic heterocycles. The summed E-state index contributed by atoms with van der Waals surface area (Å²) >= 11 is 0. The summed E-state index contributed by atoms with van der Waals surface area (Å²) in [7, 11) is 0. The van der Waals surface area contributed by atoms with Crippen LogP contribution in [0.15, 0.2) is 0 Å². The van der Waals surface area contributed by atoms with Crippen LogP contribution in [-0.2, 0) is 4.79 Å². The number of halogens is 5. The maximum atomic E-state index is 12.6. The van der Waals surface area contributed by atoms with Gasteiger partial charge in [0.25, 0.3) is 0 Å². The van der Waals surface area contributed by atoms with Crippen molar-refractivity contribution in [3.05, 3.63) is 6.92 Å². The van der Waals surface area contributed by atoms with Crippen molar-refractivity contribution in [2.45, 2.75) is 82.7 Å². The zero-order valence-electron chi connectivity index (χ0n) is 13.5. The van der Waals surface area contributed by atoms with Gasteiger partial charge < -0.3 is 5.32 Å². The van der Waals surface area contributed by atoms with E-state index in [0.29, 0.717) is 6.42 Å². The summed E-state index contributed by atoms with van der Waals surface area (Å²) in [6.07, 6.45) is 1.28. The van der Waals surface area contributed by atoms with Crippen molar-refractivity contribution < 1.29 is 26.7 Å². The molecule has 0 saturated carbocycles. The third kappa shape index (κ3) is 11.3. The lowest BCUT2D eigenvalue weighted by Crippen LogP contribution is -2.37. The molecule has 0 aromatic rings. The van der Waals surface area contributed by atoms with Gasteiger partial charge in [-0.1, -0.05) is 51.9 Å². The van der Waals surface area contributed by atoms with Crippen LogP contribution in [0.3, 0.4) is 0 Å². The zero-order chi connectivity index (χ0) is 17.8. The molecule has 137 valence electrons. The van der Waals surface area contributed by atoms with Gasteiger partial charge in [-0.3, -0.25) is 4.79 Å². The summed E-state index contributed by atoms with van der Waals surface area (Å²) < 4.78 is 61.0. The van der Waals surface area contributed by atoms with Crippen LogP contribution in [0.2, 0.25) is 0 Å². The van der Waals surface area contributed by atoms with Gasteiger partial charge in [-0.25, -0.2) is 0 Å². The number of carbonyl (C=O) groups is 1. The molecule has 2 nitrogen and oxygen atoms in total.